The van der Waals surface area contributed by atoms with Gasteiger partial charge in [0.15, 0.2) is 0 Å². The van der Waals surface area contributed by atoms with Crippen molar-refractivity contribution in [3.05, 3.63) is 102 Å². The molecule has 7 nitrogen and oxygen atoms in total. The first-order valence-electron chi connectivity index (χ1n) is 14.3. The summed E-state index contributed by atoms with van der Waals surface area (Å²) in [5.41, 5.74) is 2.09. The number of amides is 3. The van der Waals surface area contributed by atoms with E-state index in [2.05, 4.69) is 17.1 Å². The van der Waals surface area contributed by atoms with Gasteiger partial charge in [-0.05, 0) is 42.5 Å². The summed E-state index contributed by atoms with van der Waals surface area (Å²) in [4.78, 5) is 46.4. The summed E-state index contributed by atoms with van der Waals surface area (Å²) in [5, 5.41) is 2.94. The second-order valence-electron chi connectivity index (χ2n) is 10.7. The van der Waals surface area contributed by atoms with Crippen LogP contribution in [0, 0.1) is 0 Å². The SMILES string of the molecule is CCCCNC(=O)CN1CN(c2ccccc2)C2(CCN(C(=O)C(c3ccccc3)c3ccccc3)CC2)C1=O. The van der Waals surface area contributed by atoms with Crippen LogP contribution in [0.5, 0.6) is 0 Å². The van der Waals surface area contributed by atoms with Crippen LogP contribution in [0.2, 0.25) is 0 Å². The largest absolute Gasteiger partial charge is 0.355 e. The number of benzene rings is 3. The lowest BCUT2D eigenvalue weighted by molar-refractivity contribution is -0.140. The number of nitrogens with one attached hydrogen (secondary N) is 1. The Morgan fingerprint density at radius 1 is 0.850 bits per heavy atom. The fraction of sp³-hybridized carbons (Fsp3) is 0.364. The Bertz CT molecular complexity index is 1250. The number of nitrogens with zero attached hydrogens (tertiary/aromatic N) is 3. The summed E-state index contributed by atoms with van der Waals surface area (Å²) >= 11 is 0. The Labute approximate surface area is 236 Å². The van der Waals surface area contributed by atoms with Crippen molar-refractivity contribution in [3.63, 3.8) is 0 Å². The third-order valence-corrected chi connectivity index (χ3v) is 8.18. The van der Waals surface area contributed by atoms with E-state index >= 15 is 0 Å². The molecular formula is C33H38N4O3. The van der Waals surface area contributed by atoms with Gasteiger partial charge >= 0.3 is 0 Å². The molecule has 208 valence electrons. The van der Waals surface area contributed by atoms with Crippen LogP contribution in [0.25, 0.3) is 0 Å². The highest BCUT2D eigenvalue weighted by atomic mass is 16.2. The molecule has 2 fully saturated rings. The molecule has 0 radical (unpaired) electrons. The van der Waals surface area contributed by atoms with Crippen LogP contribution >= 0.6 is 0 Å². The van der Waals surface area contributed by atoms with E-state index in [1.54, 1.807) is 4.90 Å². The van der Waals surface area contributed by atoms with Crippen molar-refractivity contribution < 1.29 is 14.4 Å². The molecule has 2 aliphatic rings. The molecule has 0 bridgehead atoms. The molecule has 1 spiro atoms. The molecule has 1 N–H and O–H groups in total. The highest BCUT2D eigenvalue weighted by Gasteiger charge is 2.54. The zero-order chi connectivity index (χ0) is 28.0. The van der Waals surface area contributed by atoms with E-state index in [9.17, 15) is 14.4 Å². The van der Waals surface area contributed by atoms with E-state index in [0.717, 1.165) is 29.7 Å². The Hall–Kier alpha value is -4.13. The van der Waals surface area contributed by atoms with E-state index in [-0.39, 0.29) is 24.3 Å². The van der Waals surface area contributed by atoms with Crippen molar-refractivity contribution in [1.29, 1.82) is 0 Å². The van der Waals surface area contributed by atoms with Gasteiger partial charge in [-0.25, -0.2) is 0 Å². The second kappa shape index (κ2) is 12.4. The van der Waals surface area contributed by atoms with Gasteiger partial charge in [0.05, 0.1) is 12.6 Å². The molecule has 2 saturated heterocycles. The van der Waals surface area contributed by atoms with Gasteiger partial charge in [0, 0.05) is 25.3 Å². The van der Waals surface area contributed by atoms with E-state index in [1.165, 1.54) is 0 Å². The number of carbonyl (C=O) groups is 3. The Kier molecular flexibility index (Phi) is 8.48. The molecular weight excluding hydrogens is 500 g/mol. The maximum atomic E-state index is 14.0. The standard InChI is InChI=1S/C33H38N4O3/c1-2-3-21-34-29(38)24-36-25-37(28-17-11-6-12-18-28)33(32(36)40)19-22-35(23-20-33)31(39)30(26-13-7-4-8-14-26)27-15-9-5-10-16-27/h4-18,30H,2-3,19-25H2,1H3,(H,34,38). The van der Waals surface area contributed by atoms with Crippen molar-refractivity contribution >= 4 is 23.4 Å². The zero-order valence-corrected chi connectivity index (χ0v) is 23.2. The molecule has 0 unspecified atom stereocenters. The maximum Gasteiger partial charge on any atom is 0.250 e. The van der Waals surface area contributed by atoms with E-state index in [4.69, 9.17) is 0 Å². The van der Waals surface area contributed by atoms with Crippen LogP contribution < -0.4 is 10.2 Å². The minimum absolute atomic E-state index is 0.0308. The first-order valence-corrected chi connectivity index (χ1v) is 14.3. The van der Waals surface area contributed by atoms with E-state index in [0.29, 0.717) is 39.1 Å². The third kappa shape index (κ3) is 5.60. The zero-order valence-electron chi connectivity index (χ0n) is 23.2. The molecule has 0 saturated carbocycles. The number of para-hydroxylation sites is 1. The predicted octanol–water partition coefficient (Wildman–Crippen LogP) is 4.40. The van der Waals surface area contributed by atoms with Crippen LogP contribution in [0.15, 0.2) is 91.0 Å². The Morgan fingerprint density at radius 3 is 1.95 bits per heavy atom. The minimum Gasteiger partial charge on any atom is -0.355 e. The van der Waals surface area contributed by atoms with Crippen molar-refractivity contribution in [2.45, 2.75) is 44.1 Å². The summed E-state index contributed by atoms with van der Waals surface area (Å²) in [6, 6.07) is 29.7. The number of piperidine rings is 1. The van der Waals surface area contributed by atoms with Crippen LogP contribution in [-0.2, 0) is 14.4 Å². The number of carbonyl (C=O) groups excluding carboxylic acids is 3. The van der Waals surface area contributed by atoms with Crippen LogP contribution in [-0.4, -0.2) is 65.9 Å². The number of rotatable bonds is 9. The highest BCUT2D eigenvalue weighted by molar-refractivity contribution is 5.96. The lowest BCUT2D eigenvalue weighted by atomic mass is 9.83. The first-order chi connectivity index (χ1) is 19.5. The predicted molar refractivity (Wildman–Crippen MR) is 157 cm³/mol. The lowest BCUT2D eigenvalue weighted by Gasteiger charge is -2.44. The number of anilines is 1. The molecule has 0 aliphatic carbocycles. The quantitative estimate of drug-likeness (QED) is 0.410. The normalized spacial score (nSPS) is 16.6. The highest BCUT2D eigenvalue weighted by Crippen LogP contribution is 2.40. The molecule has 2 aliphatic heterocycles. The molecule has 3 aromatic rings. The molecule has 3 aromatic carbocycles. The smallest absolute Gasteiger partial charge is 0.250 e. The first kappa shape index (κ1) is 27.4. The maximum absolute atomic E-state index is 14.0. The molecule has 0 aromatic heterocycles. The number of hydrogen-bond donors (Lipinski definition) is 1. The Morgan fingerprint density at radius 2 is 1.40 bits per heavy atom. The van der Waals surface area contributed by atoms with Gasteiger partial charge in [0.2, 0.25) is 11.8 Å². The molecule has 0 atom stereocenters. The van der Waals surface area contributed by atoms with Crippen molar-refractivity contribution in [3.8, 4) is 0 Å². The van der Waals surface area contributed by atoms with Crippen molar-refractivity contribution in [1.82, 2.24) is 15.1 Å². The molecule has 2 heterocycles. The summed E-state index contributed by atoms with van der Waals surface area (Å²) < 4.78 is 0. The number of unbranched alkanes of at least 4 members (excludes halogenated alkanes) is 1. The van der Waals surface area contributed by atoms with Crippen molar-refractivity contribution in [2.24, 2.45) is 0 Å². The minimum atomic E-state index is -0.781. The van der Waals surface area contributed by atoms with Gasteiger partial charge in [-0.1, -0.05) is 92.2 Å². The van der Waals surface area contributed by atoms with E-state index < -0.39 is 11.5 Å². The third-order valence-electron chi connectivity index (χ3n) is 8.18. The van der Waals surface area contributed by atoms with Gasteiger partial charge in [-0.2, -0.15) is 0 Å². The lowest BCUT2D eigenvalue weighted by Crippen LogP contribution is -2.58. The van der Waals surface area contributed by atoms with Gasteiger partial charge in [0.1, 0.15) is 12.1 Å². The summed E-state index contributed by atoms with van der Waals surface area (Å²) in [7, 11) is 0. The van der Waals surface area contributed by atoms with Gasteiger partial charge < -0.3 is 20.0 Å². The van der Waals surface area contributed by atoms with Crippen LogP contribution in [0.1, 0.15) is 49.7 Å². The summed E-state index contributed by atoms with van der Waals surface area (Å²) in [6.45, 7) is 4.04. The second-order valence-corrected chi connectivity index (χ2v) is 10.7. The Balaban J connectivity index is 1.36. The topological polar surface area (TPSA) is 73.0 Å². The average Bonchev–Trinajstić information content (AvgIpc) is 3.25. The number of likely N-dealkylation sites (tertiary alicyclic amines) is 1. The van der Waals surface area contributed by atoms with Crippen LogP contribution in [0.4, 0.5) is 5.69 Å². The number of hydrogen-bond acceptors (Lipinski definition) is 4. The fourth-order valence-electron chi connectivity index (χ4n) is 6.00. The van der Waals surface area contributed by atoms with E-state index in [1.807, 2.05) is 95.9 Å². The summed E-state index contributed by atoms with van der Waals surface area (Å²) in [6.07, 6.45) is 2.93. The van der Waals surface area contributed by atoms with Gasteiger partial charge in [-0.3, -0.25) is 14.4 Å². The molecule has 3 amide bonds. The average molecular weight is 539 g/mol. The molecule has 7 heteroatoms. The molecule has 5 rings (SSSR count). The summed E-state index contributed by atoms with van der Waals surface area (Å²) in [5.74, 6) is -0.509. The fourth-order valence-corrected chi connectivity index (χ4v) is 6.00. The molecule has 40 heavy (non-hydrogen) atoms. The van der Waals surface area contributed by atoms with Gasteiger partial charge in [0.25, 0.3) is 5.91 Å². The van der Waals surface area contributed by atoms with Crippen LogP contribution in [0.3, 0.4) is 0 Å². The monoisotopic (exact) mass is 538 g/mol. The van der Waals surface area contributed by atoms with Crippen molar-refractivity contribution in [2.75, 3.05) is 37.7 Å². The van der Waals surface area contributed by atoms with Gasteiger partial charge in [-0.15, -0.1) is 0 Å².